The highest BCUT2D eigenvalue weighted by Crippen LogP contribution is 2.07. The molecule has 1 unspecified atom stereocenters. The van der Waals surface area contributed by atoms with Gasteiger partial charge in [-0.2, -0.15) is 29.5 Å². The summed E-state index contributed by atoms with van der Waals surface area (Å²) in [6, 6.07) is 0. The second-order valence-corrected chi connectivity index (χ2v) is 6.03. The zero-order valence-corrected chi connectivity index (χ0v) is 9.02. The Morgan fingerprint density at radius 3 is 1.85 bits per heavy atom. The van der Waals surface area contributed by atoms with Crippen molar-refractivity contribution in [1.29, 1.82) is 0 Å². The van der Waals surface area contributed by atoms with Gasteiger partial charge in [0.2, 0.25) is 0 Å². The van der Waals surface area contributed by atoms with Crippen molar-refractivity contribution in [1.82, 2.24) is 0 Å². The van der Waals surface area contributed by atoms with Gasteiger partial charge in [0.25, 0.3) is 20.2 Å². The van der Waals surface area contributed by atoms with E-state index in [4.69, 9.17) is 9.11 Å². The Bertz CT molecular complexity index is 340. The lowest BCUT2D eigenvalue weighted by Gasteiger charge is -2.08. The molecular weight excluding hydrogens is 240 g/mol. The van der Waals surface area contributed by atoms with Gasteiger partial charge in [0.1, 0.15) is 0 Å². The van der Waals surface area contributed by atoms with Gasteiger partial charge in [-0.05, 0) is 6.42 Å². The van der Waals surface area contributed by atoms with Gasteiger partial charge in [-0.15, -0.1) is 0 Å². The van der Waals surface area contributed by atoms with E-state index in [1.54, 1.807) is 0 Å². The average Bonchev–Trinajstić information content (AvgIpc) is 1.82. The Morgan fingerprint density at radius 1 is 1.15 bits per heavy atom. The van der Waals surface area contributed by atoms with Crippen molar-refractivity contribution in [2.75, 3.05) is 11.5 Å². The normalized spacial score (nSPS) is 15.6. The van der Waals surface area contributed by atoms with Crippen molar-refractivity contribution in [3.05, 3.63) is 0 Å². The molecule has 0 aromatic heterocycles. The molecule has 0 rings (SSSR count). The highest BCUT2D eigenvalue weighted by molar-refractivity contribution is 7.88. The van der Waals surface area contributed by atoms with Crippen molar-refractivity contribution >= 4 is 32.9 Å². The summed E-state index contributed by atoms with van der Waals surface area (Å²) in [4.78, 5) is 0. The van der Waals surface area contributed by atoms with Crippen molar-refractivity contribution in [3.63, 3.8) is 0 Å². The first-order chi connectivity index (χ1) is 5.67. The molecule has 0 radical (unpaired) electrons. The first-order valence-corrected chi connectivity index (χ1v) is 6.93. The van der Waals surface area contributed by atoms with Crippen molar-refractivity contribution in [2.24, 2.45) is 0 Å². The number of hydrogen-bond donors (Lipinski definition) is 3. The van der Waals surface area contributed by atoms with E-state index in [0.717, 1.165) is 0 Å². The minimum Gasteiger partial charge on any atom is -0.286 e. The summed E-state index contributed by atoms with van der Waals surface area (Å²) >= 11 is 3.62. The third-order valence-corrected chi connectivity index (χ3v) is 4.01. The lowest BCUT2D eigenvalue weighted by molar-refractivity contribution is 0.465. The fourth-order valence-electron chi connectivity index (χ4n) is 0.615. The molecule has 6 nitrogen and oxygen atoms in total. The van der Waals surface area contributed by atoms with Crippen LogP contribution in [0.5, 0.6) is 0 Å². The molecule has 0 fully saturated rings. The molecule has 0 heterocycles. The largest absolute Gasteiger partial charge is 0.286 e. The first-order valence-electron chi connectivity index (χ1n) is 3.19. The van der Waals surface area contributed by atoms with E-state index in [1.807, 2.05) is 0 Å². The van der Waals surface area contributed by atoms with Gasteiger partial charge in [-0.1, -0.05) is 0 Å². The van der Waals surface area contributed by atoms with Crippen LogP contribution in [0.2, 0.25) is 0 Å². The molecule has 80 valence electrons. The van der Waals surface area contributed by atoms with Crippen LogP contribution in [-0.4, -0.2) is 42.7 Å². The van der Waals surface area contributed by atoms with Crippen molar-refractivity contribution in [2.45, 2.75) is 11.7 Å². The summed E-state index contributed by atoms with van der Waals surface area (Å²) in [5, 5.41) is -1.27. The van der Waals surface area contributed by atoms with Crippen LogP contribution in [-0.2, 0) is 20.2 Å². The molecule has 0 aliphatic rings. The van der Waals surface area contributed by atoms with E-state index in [0.29, 0.717) is 0 Å². The average molecular weight is 250 g/mol. The third kappa shape index (κ3) is 6.27. The van der Waals surface area contributed by atoms with Gasteiger partial charge < -0.3 is 0 Å². The van der Waals surface area contributed by atoms with E-state index in [-0.39, 0.29) is 12.2 Å². The standard InChI is InChI=1S/C4H10O6S3/c5-12(6,7)2-1-4(3-11)13(8,9)10/h4,11H,1-3H2,(H,5,6,7)(H,8,9,10). The van der Waals surface area contributed by atoms with Gasteiger partial charge in [-0.25, -0.2) is 0 Å². The quantitative estimate of drug-likeness (QED) is 0.446. The van der Waals surface area contributed by atoms with E-state index >= 15 is 0 Å². The lowest BCUT2D eigenvalue weighted by atomic mass is 10.4. The predicted octanol–water partition coefficient (Wildman–Crippen LogP) is -0.549. The minimum atomic E-state index is -4.29. The summed E-state index contributed by atoms with van der Waals surface area (Å²) < 4.78 is 58.3. The Morgan fingerprint density at radius 2 is 1.62 bits per heavy atom. The van der Waals surface area contributed by atoms with Crippen LogP contribution in [0.1, 0.15) is 6.42 Å². The van der Waals surface area contributed by atoms with Crippen LogP contribution in [0.25, 0.3) is 0 Å². The maximum atomic E-state index is 10.5. The summed E-state index contributed by atoms with van der Waals surface area (Å²) in [6.45, 7) is 0. The molecule has 2 N–H and O–H groups in total. The van der Waals surface area contributed by atoms with Gasteiger partial charge in [-0.3, -0.25) is 9.11 Å². The maximum Gasteiger partial charge on any atom is 0.268 e. The van der Waals surface area contributed by atoms with E-state index in [9.17, 15) is 16.8 Å². The van der Waals surface area contributed by atoms with Gasteiger partial charge in [0, 0.05) is 5.75 Å². The summed E-state index contributed by atoms with van der Waals surface area (Å²) in [7, 11) is -8.49. The zero-order valence-electron chi connectivity index (χ0n) is 6.49. The molecule has 0 saturated carbocycles. The van der Waals surface area contributed by atoms with Gasteiger partial charge in [0.15, 0.2) is 0 Å². The Labute approximate surface area is 82.2 Å². The van der Waals surface area contributed by atoms with Gasteiger partial charge >= 0.3 is 0 Å². The monoisotopic (exact) mass is 250 g/mol. The number of thiol groups is 1. The second kappa shape index (κ2) is 4.60. The predicted molar refractivity (Wildman–Crippen MR) is 50.2 cm³/mol. The fraction of sp³-hybridized carbons (Fsp3) is 1.00. The molecule has 0 aromatic rings. The molecule has 0 saturated heterocycles. The number of rotatable bonds is 5. The minimum absolute atomic E-state index is 0.200. The SMILES string of the molecule is O=S(=O)(O)CCC(CS)S(=O)(=O)O. The second-order valence-electron chi connectivity index (χ2n) is 2.39. The highest BCUT2D eigenvalue weighted by Gasteiger charge is 2.23. The third-order valence-electron chi connectivity index (χ3n) is 1.32. The Kier molecular flexibility index (Phi) is 4.66. The van der Waals surface area contributed by atoms with E-state index < -0.39 is 31.2 Å². The summed E-state index contributed by atoms with van der Waals surface area (Å²) in [5.41, 5.74) is 0. The molecule has 0 aromatic carbocycles. The topological polar surface area (TPSA) is 109 Å². The summed E-state index contributed by atoms with van der Waals surface area (Å²) in [6.07, 6.45) is -0.374. The number of hydrogen-bond acceptors (Lipinski definition) is 5. The molecule has 0 aliphatic heterocycles. The van der Waals surface area contributed by atoms with Crippen LogP contribution < -0.4 is 0 Å². The maximum absolute atomic E-state index is 10.5. The molecule has 0 bridgehead atoms. The Balaban J connectivity index is 4.35. The van der Waals surface area contributed by atoms with Crippen LogP contribution in [0.3, 0.4) is 0 Å². The summed E-state index contributed by atoms with van der Waals surface area (Å²) in [5.74, 6) is -0.910. The fourth-order valence-corrected chi connectivity index (χ4v) is 2.70. The molecule has 9 heteroatoms. The Hall–Kier alpha value is 0.170. The van der Waals surface area contributed by atoms with Crippen LogP contribution in [0, 0.1) is 0 Å². The molecule has 0 aliphatic carbocycles. The van der Waals surface area contributed by atoms with Crippen molar-refractivity contribution in [3.8, 4) is 0 Å². The molecule has 0 amide bonds. The van der Waals surface area contributed by atoms with Gasteiger partial charge in [0.05, 0.1) is 11.0 Å². The van der Waals surface area contributed by atoms with E-state index in [1.165, 1.54) is 0 Å². The highest BCUT2D eigenvalue weighted by atomic mass is 32.2. The van der Waals surface area contributed by atoms with Crippen LogP contribution in [0.15, 0.2) is 0 Å². The zero-order chi connectivity index (χ0) is 10.7. The first kappa shape index (κ1) is 13.2. The van der Waals surface area contributed by atoms with E-state index in [2.05, 4.69) is 12.6 Å². The van der Waals surface area contributed by atoms with Crippen LogP contribution in [0.4, 0.5) is 0 Å². The van der Waals surface area contributed by atoms with Crippen LogP contribution >= 0.6 is 12.6 Å². The molecular formula is C4H10O6S3. The van der Waals surface area contributed by atoms with Crippen molar-refractivity contribution < 1.29 is 25.9 Å². The molecule has 1 atom stereocenters. The molecule has 0 spiro atoms. The lowest BCUT2D eigenvalue weighted by Crippen LogP contribution is -2.25. The smallest absolute Gasteiger partial charge is 0.268 e. The molecule has 13 heavy (non-hydrogen) atoms.